The van der Waals surface area contributed by atoms with Gasteiger partial charge in [-0.3, -0.25) is 9.59 Å². The van der Waals surface area contributed by atoms with Crippen molar-refractivity contribution in [2.24, 2.45) is 33.5 Å². The zero-order valence-corrected chi connectivity index (χ0v) is 20.7. The maximum atomic E-state index is 13.7. The largest absolute Gasteiger partial charge is 0.479 e. The summed E-state index contributed by atoms with van der Waals surface area (Å²) in [5, 5.41) is 39.7. The molecule has 1 aliphatic heterocycles. The quantitative estimate of drug-likeness (QED) is 0.431. The Hall–Kier alpha value is -1.55. The lowest BCUT2D eigenvalue weighted by molar-refractivity contribution is -0.292. The first-order valence-electron chi connectivity index (χ1n) is 12.9. The third-order valence-electron chi connectivity index (χ3n) is 10.9. The van der Waals surface area contributed by atoms with Crippen molar-refractivity contribution in [3.63, 3.8) is 0 Å². The molecule has 5 rings (SSSR count). The molecular formula is C26H38O9. The van der Waals surface area contributed by atoms with Crippen LogP contribution in [0.1, 0.15) is 78.6 Å². The average molecular weight is 495 g/mol. The Morgan fingerprint density at radius 1 is 0.943 bits per heavy atom. The summed E-state index contributed by atoms with van der Waals surface area (Å²) in [5.74, 6) is -1.35. The molecule has 4 aliphatic carbocycles. The van der Waals surface area contributed by atoms with Gasteiger partial charge in [0.05, 0.1) is 5.41 Å². The minimum absolute atomic E-state index is 0.00905. The third kappa shape index (κ3) is 3.45. The van der Waals surface area contributed by atoms with E-state index >= 15 is 0 Å². The molecule has 0 amide bonds. The molecule has 9 heteroatoms. The highest BCUT2D eigenvalue weighted by molar-refractivity contribution is 5.88. The molecule has 9 nitrogen and oxygen atoms in total. The first-order chi connectivity index (χ1) is 16.3. The summed E-state index contributed by atoms with van der Waals surface area (Å²) >= 11 is 0. The number of aliphatic hydroxyl groups is 3. The molecule has 2 bridgehead atoms. The zero-order chi connectivity index (χ0) is 25.6. The van der Waals surface area contributed by atoms with Crippen molar-refractivity contribution in [3.05, 3.63) is 0 Å². The van der Waals surface area contributed by atoms with Gasteiger partial charge in [0.1, 0.15) is 24.1 Å². The topological polar surface area (TPSA) is 151 Å². The highest BCUT2D eigenvalue weighted by Crippen LogP contribution is 2.73. The van der Waals surface area contributed by atoms with Gasteiger partial charge in [-0.1, -0.05) is 20.3 Å². The molecule has 1 heterocycles. The van der Waals surface area contributed by atoms with Crippen molar-refractivity contribution < 1.29 is 44.3 Å². The number of ketones is 1. The third-order valence-corrected chi connectivity index (χ3v) is 10.9. The molecule has 5 fully saturated rings. The molecule has 1 saturated heterocycles. The van der Waals surface area contributed by atoms with Crippen molar-refractivity contribution in [2.45, 2.75) is 109 Å². The van der Waals surface area contributed by atoms with E-state index in [9.17, 15) is 34.8 Å². The van der Waals surface area contributed by atoms with Gasteiger partial charge in [-0.05, 0) is 74.5 Å². The number of esters is 1. The molecule has 0 aromatic carbocycles. The van der Waals surface area contributed by atoms with E-state index in [0.29, 0.717) is 24.5 Å². The van der Waals surface area contributed by atoms with E-state index in [4.69, 9.17) is 9.47 Å². The number of aliphatic carboxylic acids is 1. The van der Waals surface area contributed by atoms with Crippen molar-refractivity contribution in [1.82, 2.24) is 0 Å². The van der Waals surface area contributed by atoms with Gasteiger partial charge in [-0.2, -0.15) is 0 Å². The van der Waals surface area contributed by atoms with Crippen LogP contribution in [0.25, 0.3) is 0 Å². The van der Waals surface area contributed by atoms with Gasteiger partial charge < -0.3 is 29.9 Å². The lowest BCUT2D eigenvalue weighted by atomic mass is 9.40. The average Bonchev–Trinajstić information content (AvgIpc) is 2.96. The van der Waals surface area contributed by atoms with Gasteiger partial charge in [0.2, 0.25) is 6.29 Å². The molecule has 0 aromatic heterocycles. The second kappa shape index (κ2) is 7.97. The van der Waals surface area contributed by atoms with Crippen LogP contribution in [0.15, 0.2) is 0 Å². The number of carbonyl (C=O) groups excluding carboxylic acids is 2. The molecule has 0 unspecified atom stereocenters. The van der Waals surface area contributed by atoms with Crippen LogP contribution < -0.4 is 0 Å². The molecular weight excluding hydrogens is 456 g/mol. The number of rotatable bonds is 3. The van der Waals surface area contributed by atoms with E-state index in [1.54, 1.807) is 0 Å². The molecule has 35 heavy (non-hydrogen) atoms. The van der Waals surface area contributed by atoms with E-state index in [0.717, 1.165) is 44.9 Å². The first kappa shape index (κ1) is 25.1. The summed E-state index contributed by atoms with van der Waals surface area (Å²) in [7, 11) is 0. The van der Waals surface area contributed by atoms with Crippen LogP contribution in [-0.2, 0) is 23.9 Å². The standard InChI is InChI=1S/C26H38O9/c1-23-9-5-14-24(2)7-4-8-25(3,13(24)6-10-26(14,12-23)11-15(23)27)22(33)35-21-18(30)16(28)17(29)19(34-21)20(31)32/h13-14,16-19,21,28-30H,4-12H2,1-3H3,(H,31,32)/t13-,14-,16-,17-,18-,19+,21-,23-,24+,25+,26-/m0/s1. The van der Waals surface area contributed by atoms with Crippen LogP contribution >= 0.6 is 0 Å². The fraction of sp³-hybridized carbons (Fsp3) is 0.885. The van der Waals surface area contributed by atoms with Gasteiger partial charge >= 0.3 is 11.9 Å². The smallest absolute Gasteiger partial charge is 0.335 e. The molecule has 196 valence electrons. The van der Waals surface area contributed by atoms with Crippen LogP contribution in [0, 0.1) is 33.5 Å². The summed E-state index contributed by atoms with van der Waals surface area (Å²) in [6, 6.07) is 0. The van der Waals surface area contributed by atoms with Crippen molar-refractivity contribution >= 4 is 17.7 Å². The number of carbonyl (C=O) groups is 3. The Morgan fingerprint density at radius 3 is 2.31 bits per heavy atom. The summed E-state index contributed by atoms with van der Waals surface area (Å²) in [6.45, 7) is 6.27. The van der Waals surface area contributed by atoms with E-state index in [1.807, 2.05) is 6.92 Å². The van der Waals surface area contributed by atoms with E-state index in [2.05, 4.69) is 13.8 Å². The fourth-order valence-electron chi connectivity index (χ4n) is 9.14. The second-order valence-corrected chi connectivity index (χ2v) is 12.8. The number of ether oxygens (including phenoxy) is 2. The predicted molar refractivity (Wildman–Crippen MR) is 121 cm³/mol. The Kier molecular flexibility index (Phi) is 5.72. The molecule has 1 spiro atoms. The number of carboxylic acids is 1. The number of aliphatic hydroxyl groups excluding tert-OH is 3. The molecule has 0 radical (unpaired) electrons. The highest BCUT2D eigenvalue weighted by atomic mass is 16.7. The lowest BCUT2D eigenvalue weighted by Crippen LogP contribution is -2.62. The van der Waals surface area contributed by atoms with Gasteiger partial charge in [-0.15, -0.1) is 0 Å². The predicted octanol–water partition coefficient (Wildman–Crippen LogP) is 1.79. The number of fused-ring (bicyclic) bond motifs is 3. The minimum atomic E-state index is -1.84. The molecule has 4 saturated carbocycles. The van der Waals surface area contributed by atoms with E-state index in [-0.39, 0.29) is 22.2 Å². The van der Waals surface area contributed by atoms with Gasteiger partial charge in [0.25, 0.3) is 0 Å². The Balaban J connectivity index is 1.39. The Bertz CT molecular complexity index is 936. The lowest BCUT2D eigenvalue weighted by Gasteiger charge is -2.64. The van der Waals surface area contributed by atoms with Crippen molar-refractivity contribution in [3.8, 4) is 0 Å². The Morgan fingerprint density at radius 2 is 1.63 bits per heavy atom. The normalized spacial score (nSPS) is 53.4. The number of hydrogen-bond acceptors (Lipinski definition) is 8. The van der Waals surface area contributed by atoms with Crippen molar-refractivity contribution in [1.29, 1.82) is 0 Å². The summed E-state index contributed by atoms with van der Waals surface area (Å²) in [5.41, 5.74) is -1.21. The highest BCUT2D eigenvalue weighted by Gasteiger charge is 2.68. The molecule has 11 atom stereocenters. The second-order valence-electron chi connectivity index (χ2n) is 12.8. The maximum absolute atomic E-state index is 13.7. The maximum Gasteiger partial charge on any atom is 0.335 e. The molecule has 0 aromatic rings. The SMILES string of the molecule is C[C@@]12CC[C@@H]3[C@@](CC[C@H]4[C@@]3(C)CCC[C@@]4(C)C(=O)O[C@@H]3O[C@@H](C(=O)O)[C@@H](O)[C@H](O)[C@@H]3O)(CC1=O)C2. The van der Waals surface area contributed by atoms with Gasteiger partial charge in [0.15, 0.2) is 6.10 Å². The number of carboxylic acid groups (broad SMARTS) is 1. The first-order valence-corrected chi connectivity index (χ1v) is 12.9. The summed E-state index contributed by atoms with van der Waals surface area (Å²) < 4.78 is 10.8. The number of hydrogen-bond donors (Lipinski definition) is 4. The monoisotopic (exact) mass is 494 g/mol. The molecule has 4 N–H and O–H groups in total. The van der Waals surface area contributed by atoms with Crippen LogP contribution in [0.3, 0.4) is 0 Å². The van der Waals surface area contributed by atoms with Crippen molar-refractivity contribution in [2.75, 3.05) is 0 Å². The van der Waals surface area contributed by atoms with Crippen LogP contribution in [0.4, 0.5) is 0 Å². The van der Waals surface area contributed by atoms with E-state index < -0.39 is 48.1 Å². The van der Waals surface area contributed by atoms with Gasteiger partial charge in [-0.25, -0.2) is 4.79 Å². The fourth-order valence-corrected chi connectivity index (χ4v) is 9.14. The molecule has 5 aliphatic rings. The van der Waals surface area contributed by atoms with Crippen LogP contribution in [0.5, 0.6) is 0 Å². The van der Waals surface area contributed by atoms with Gasteiger partial charge in [0, 0.05) is 11.8 Å². The number of Topliss-reactive ketones (excluding diaryl/α,β-unsaturated/α-hetero) is 1. The zero-order valence-electron chi connectivity index (χ0n) is 20.7. The summed E-state index contributed by atoms with van der Waals surface area (Å²) in [4.78, 5) is 38.0. The summed E-state index contributed by atoms with van der Waals surface area (Å²) in [6.07, 6.45) is -1.40. The Labute approximate surface area is 205 Å². The van der Waals surface area contributed by atoms with E-state index in [1.165, 1.54) is 0 Å². The van der Waals surface area contributed by atoms with Crippen LogP contribution in [0.2, 0.25) is 0 Å². The van der Waals surface area contributed by atoms with Crippen LogP contribution in [-0.4, -0.2) is 68.9 Å². The minimum Gasteiger partial charge on any atom is -0.479 e.